The van der Waals surface area contributed by atoms with Gasteiger partial charge in [0.1, 0.15) is 13.2 Å². The van der Waals surface area contributed by atoms with Crippen molar-refractivity contribution in [1.29, 1.82) is 0 Å². The van der Waals surface area contributed by atoms with Crippen LogP contribution in [0.4, 0.5) is 0 Å². The number of carbonyl (C=O) groups is 3. The molecule has 0 saturated carbocycles. The Morgan fingerprint density at radius 2 is 1.04 bits per heavy atom. The van der Waals surface area contributed by atoms with E-state index in [-0.39, 0.29) is 32.7 Å². The summed E-state index contributed by atoms with van der Waals surface area (Å²) in [7, 11) is 5.90. The molecule has 0 amide bonds. The minimum absolute atomic E-state index is 0.163. The SMILES string of the molecule is CC/C=C\C/C=C\C/C=C\C/C=C\CCCCC(=O)OC(COC(=O)CC/C=C\C/C=C\C/C=C\C/C=C\CC)COC(OCC[N+](C)(C)C)C(=O)O. The maximum Gasteiger partial charge on any atom is 0.361 e. The summed E-state index contributed by atoms with van der Waals surface area (Å²) in [6.07, 6.45) is 42.1. The highest BCUT2D eigenvalue weighted by atomic mass is 16.7. The molecule has 0 aromatic rings. The van der Waals surface area contributed by atoms with Gasteiger partial charge in [0.05, 0.1) is 34.4 Å². The van der Waals surface area contributed by atoms with Crippen LogP contribution in [0.15, 0.2) is 97.2 Å². The molecule has 2 atom stereocenters. The van der Waals surface area contributed by atoms with Gasteiger partial charge < -0.3 is 28.5 Å². The molecule has 0 radical (unpaired) electrons. The van der Waals surface area contributed by atoms with E-state index in [1.807, 2.05) is 33.3 Å². The quantitative estimate of drug-likeness (QED) is 0.0233. The van der Waals surface area contributed by atoms with Crippen LogP contribution in [-0.4, -0.2) is 87.4 Å². The van der Waals surface area contributed by atoms with Gasteiger partial charge in [-0.3, -0.25) is 9.59 Å². The summed E-state index contributed by atoms with van der Waals surface area (Å²) in [5.74, 6) is -2.19. The lowest BCUT2D eigenvalue weighted by molar-refractivity contribution is -0.870. The van der Waals surface area contributed by atoms with Crippen LogP contribution in [0.25, 0.3) is 0 Å². The van der Waals surface area contributed by atoms with Crippen molar-refractivity contribution in [1.82, 2.24) is 0 Å². The van der Waals surface area contributed by atoms with E-state index >= 15 is 0 Å². The van der Waals surface area contributed by atoms with Crippen molar-refractivity contribution in [2.24, 2.45) is 0 Å². The standard InChI is InChI=1S/C44H69NO8/c1-6-8-10-12-14-16-18-20-21-23-25-27-29-31-33-35-42(47)53-40(39-52-44(43(48)49)50-37-36-45(3,4)5)38-51-41(46)34-32-30-28-26-24-22-19-17-15-13-11-9-7-2/h8-11,14-17,20-22,24-25,27-28,30,40,44H,6-7,12-13,18-19,23,26,29,31-39H2,1-5H3/p+1/b10-8-,11-9-,16-14-,17-15-,21-20-,24-22-,27-25-,30-28-. The number of quaternary nitrogens is 1. The second-order valence-corrected chi connectivity index (χ2v) is 13.5. The molecular weight excluding hydrogens is 670 g/mol. The third kappa shape index (κ3) is 36.4. The maximum atomic E-state index is 12.7. The molecule has 0 rings (SSSR count). The number of esters is 2. The average molecular weight is 741 g/mol. The van der Waals surface area contributed by atoms with E-state index in [1.54, 1.807) is 0 Å². The van der Waals surface area contributed by atoms with E-state index in [1.165, 1.54) is 0 Å². The third-order valence-electron chi connectivity index (χ3n) is 7.35. The molecule has 0 aliphatic rings. The molecule has 0 aliphatic heterocycles. The number of ether oxygens (including phenoxy) is 4. The Labute approximate surface area is 321 Å². The summed E-state index contributed by atoms with van der Waals surface area (Å²) >= 11 is 0. The van der Waals surface area contributed by atoms with Crippen molar-refractivity contribution in [3.8, 4) is 0 Å². The fourth-order valence-corrected chi connectivity index (χ4v) is 4.37. The summed E-state index contributed by atoms with van der Waals surface area (Å²) in [6, 6.07) is 0. The Morgan fingerprint density at radius 3 is 1.51 bits per heavy atom. The van der Waals surface area contributed by atoms with E-state index in [2.05, 4.69) is 98.9 Å². The van der Waals surface area contributed by atoms with Gasteiger partial charge in [-0.05, 0) is 77.0 Å². The summed E-state index contributed by atoms with van der Waals surface area (Å²) in [5.41, 5.74) is 0. The van der Waals surface area contributed by atoms with Gasteiger partial charge in [0, 0.05) is 12.8 Å². The summed E-state index contributed by atoms with van der Waals surface area (Å²) in [5, 5.41) is 9.59. The number of carbonyl (C=O) groups excluding carboxylic acids is 2. The van der Waals surface area contributed by atoms with Crippen molar-refractivity contribution < 1.29 is 42.9 Å². The lowest BCUT2D eigenvalue weighted by Crippen LogP contribution is -2.40. The Balaban J connectivity index is 4.74. The second-order valence-electron chi connectivity index (χ2n) is 13.5. The van der Waals surface area contributed by atoms with Gasteiger partial charge in [0.15, 0.2) is 6.10 Å². The number of hydrogen-bond acceptors (Lipinski definition) is 7. The summed E-state index contributed by atoms with van der Waals surface area (Å²) in [6.45, 7) is 4.45. The molecule has 9 nitrogen and oxygen atoms in total. The number of unbranched alkanes of at least 4 members (excludes halogenated alkanes) is 2. The van der Waals surface area contributed by atoms with Crippen LogP contribution >= 0.6 is 0 Å². The zero-order valence-electron chi connectivity index (χ0n) is 33.4. The molecular formula is C44H70NO8+. The molecule has 0 aromatic carbocycles. The molecule has 0 aliphatic carbocycles. The van der Waals surface area contributed by atoms with Gasteiger partial charge in [-0.1, -0.05) is 111 Å². The molecule has 0 aromatic heterocycles. The van der Waals surface area contributed by atoms with Crippen molar-refractivity contribution in [2.75, 3.05) is 47.5 Å². The molecule has 0 saturated heterocycles. The van der Waals surface area contributed by atoms with Crippen LogP contribution in [0.1, 0.15) is 104 Å². The van der Waals surface area contributed by atoms with Crippen molar-refractivity contribution >= 4 is 17.9 Å². The van der Waals surface area contributed by atoms with Crippen molar-refractivity contribution in [3.63, 3.8) is 0 Å². The number of aliphatic carboxylic acids is 1. The maximum absolute atomic E-state index is 12.7. The number of hydrogen-bond donors (Lipinski definition) is 1. The van der Waals surface area contributed by atoms with E-state index in [0.717, 1.165) is 64.2 Å². The summed E-state index contributed by atoms with van der Waals surface area (Å²) in [4.78, 5) is 36.9. The minimum Gasteiger partial charge on any atom is -0.477 e. The normalized spacial score (nSPS) is 14.1. The van der Waals surface area contributed by atoms with E-state index < -0.39 is 30.3 Å². The number of rotatable bonds is 33. The average Bonchev–Trinajstić information content (AvgIpc) is 3.11. The Kier molecular flexibility index (Phi) is 32.7. The van der Waals surface area contributed by atoms with Gasteiger partial charge in [0.2, 0.25) is 0 Å². The molecule has 298 valence electrons. The highest BCUT2D eigenvalue weighted by Gasteiger charge is 2.25. The van der Waals surface area contributed by atoms with Crippen LogP contribution in [0, 0.1) is 0 Å². The fraction of sp³-hybridized carbons (Fsp3) is 0.568. The molecule has 9 heteroatoms. The largest absolute Gasteiger partial charge is 0.477 e. The minimum atomic E-state index is -1.54. The Morgan fingerprint density at radius 1 is 0.566 bits per heavy atom. The topological polar surface area (TPSA) is 108 Å². The zero-order valence-corrected chi connectivity index (χ0v) is 33.4. The van der Waals surface area contributed by atoms with E-state index in [9.17, 15) is 19.5 Å². The first-order valence-corrected chi connectivity index (χ1v) is 19.4. The van der Waals surface area contributed by atoms with Crippen molar-refractivity contribution in [3.05, 3.63) is 97.2 Å². The van der Waals surface area contributed by atoms with E-state index in [4.69, 9.17) is 18.9 Å². The molecule has 0 fully saturated rings. The van der Waals surface area contributed by atoms with Crippen LogP contribution in [0.2, 0.25) is 0 Å². The molecule has 2 unspecified atom stereocenters. The van der Waals surface area contributed by atoms with Gasteiger partial charge in [-0.25, -0.2) is 4.79 Å². The van der Waals surface area contributed by atoms with Crippen LogP contribution < -0.4 is 0 Å². The van der Waals surface area contributed by atoms with E-state index in [0.29, 0.717) is 23.9 Å². The number of allylic oxidation sites excluding steroid dienone is 16. The van der Waals surface area contributed by atoms with Gasteiger partial charge in [0.25, 0.3) is 6.29 Å². The first kappa shape index (κ1) is 49.2. The zero-order chi connectivity index (χ0) is 39.3. The van der Waals surface area contributed by atoms with Gasteiger partial charge in [-0.15, -0.1) is 0 Å². The molecule has 53 heavy (non-hydrogen) atoms. The van der Waals surface area contributed by atoms with Crippen LogP contribution in [0.5, 0.6) is 0 Å². The summed E-state index contributed by atoms with van der Waals surface area (Å²) < 4.78 is 22.5. The highest BCUT2D eigenvalue weighted by molar-refractivity contribution is 5.71. The molecule has 0 bridgehead atoms. The monoisotopic (exact) mass is 741 g/mol. The molecule has 0 spiro atoms. The predicted octanol–water partition coefficient (Wildman–Crippen LogP) is 9.54. The first-order chi connectivity index (χ1) is 25.6. The van der Waals surface area contributed by atoms with Crippen LogP contribution in [0.3, 0.4) is 0 Å². The number of nitrogens with zero attached hydrogens (tertiary/aromatic N) is 1. The third-order valence-corrected chi connectivity index (χ3v) is 7.35. The number of likely N-dealkylation sites (N-methyl/N-ethyl adjacent to an activating group) is 1. The highest BCUT2D eigenvalue weighted by Crippen LogP contribution is 2.09. The second kappa shape index (κ2) is 35.3. The lowest BCUT2D eigenvalue weighted by atomic mass is 10.2. The number of carboxylic acid groups (broad SMARTS) is 1. The predicted molar refractivity (Wildman–Crippen MR) is 216 cm³/mol. The van der Waals surface area contributed by atoms with Crippen molar-refractivity contribution in [2.45, 2.75) is 116 Å². The molecule has 1 N–H and O–H groups in total. The van der Waals surface area contributed by atoms with Crippen LogP contribution in [-0.2, 0) is 33.3 Å². The first-order valence-electron chi connectivity index (χ1n) is 19.4. The Hall–Kier alpha value is -3.79. The molecule has 0 heterocycles. The van der Waals surface area contributed by atoms with Gasteiger partial charge in [-0.2, -0.15) is 0 Å². The smallest absolute Gasteiger partial charge is 0.361 e. The lowest BCUT2D eigenvalue weighted by Gasteiger charge is -2.25. The Bertz CT molecular complexity index is 1190. The van der Waals surface area contributed by atoms with Gasteiger partial charge >= 0.3 is 17.9 Å². The fourth-order valence-electron chi connectivity index (χ4n) is 4.37. The number of carboxylic acids is 1.